The molecule has 0 aliphatic rings. The van der Waals surface area contributed by atoms with E-state index in [1.807, 2.05) is 0 Å². The van der Waals surface area contributed by atoms with Gasteiger partial charge in [0.25, 0.3) is 0 Å². The van der Waals surface area contributed by atoms with Crippen LogP contribution in [0.4, 0.5) is 0 Å². The second-order valence-electron chi connectivity index (χ2n) is 1.24. The maximum absolute atomic E-state index is 9.50. The minimum Gasteiger partial charge on any atom is -0.550 e. The van der Waals surface area contributed by atoms with Crippen molar-refractivity contribution in [2.24, 2.45) is 0 Å². The van der Waals surface area contributed by atoms with Crippen molar-refractivity contribution in [2.45, 2.75) is 12.8 Å². The Labute approximate surface area is 87.3 Å². The fourth-order valence-corrected chi connectivity index (χ4v) is 0.204. The van der Waals surface area contributed by atoms with Crippen LogP contribution in [0.25, 0.3) is 0 Å². The molecule has 0 unspecified atom stereocenters. The molecular formula is C4H6CaO5. The van der Waals surface area contributed by atoms with Crippen LogP contribution in [0.2, 0.25) is 0 Å². The van der Waals surface area contributed by atoms with Gasteiger partial charge in [-0.3, -0.25) is 0 Å². The Balaban J connectivity index is -0.000000245. The van der Waals surface area contributed by atoms with E-state index in [9.17, 15) is 19.8 Å². The van der Waals surface area contributed by atoms with Crippen molar-refractivity contribution in [3.8, 4) is 0 Å². The average molecular weight is 174 g/mol. The molecule has 0 aliphatic heterocycles. The number of carboxylic acid groups (broad SMARTS) is 2. The zero-order valence-corrected chi connectivity index (χ0v) is 7.46. The van der Waals surface area contributed by atoms with Gasteiger partial charge in [-0.15, -0.1) is 0 Å². The molecule has 10 heavy (non-hydrogen) atoms. The SMILES string of the molecule is O.O=C([O-])CCC(=O)[O-].[Ca+2]. The summed E-state index contributed by atoms with van der Waals surface area (Å²) in [4.78, 5) is 19.0. The molecule has 0 aliphatic carbocycles. The Kier molecular flexibility index (Phi) is 15.2. The van der Waals surface area contributed by atoms with Crippen LogP contribution in [0.3, 0.4) is 0 Å². The number of hydrogen-bond donors (Lipinski definition) is 0. The fourth-order valence-electron chi connectivity index (χ4n) is 0.204. The second-order valence-corrected chi connectivity index (χ2v) is 1.24. The summed E-state index contributed by atoms with van der Waals surface area (Å²) >= 11 is 0. The van der Waals surface area contributed by atoms with Crippen molar-refractivity contribution in [1.82, 2.24) is 0 Å². The predicted molar refractivity (Wildman–Crippen MR) is 28.6 cm³/mol. The van der Waals surface area contributed by atoms with Crippen LogP contribution in [-0.2, 0) is 9.59 Å². The molecule has 0 aromatic carbocycles. The third kappa shape index (κ3) is 15.7. The van der Waals surface area contributed by atoms with Crippen LogP contribution >= 0.6 is 0 Å². The fraction of sp³-hybridized carbons (Fsp3) is 0.500. The van der Waals surface area contributed by atoms with Crippen LogP contribution < -0.4 is 10.2 Å². The Morgan fingerprint density at radius 2 is 1.20 bits per heavy atom. The van der Waals surface area contributed by atoms with Gasteiger partial charge in [-0.2, -0.15) is 0 Å². The summed E-state index contributed by atoms with van der Waals surface area (Å²) in [7, 11) is 0. The third-order valence-corrected chi connectivity index (χ3v) is 0.533. The maximum Gasteiger partial charge on any atom is 2.00 e. The van der Waals surface area contributed by atoms with Gasteiger partial charge in [-0.25, -0.2) is 0 Å². The number of carbonyl (C=O) groups is 2. The molecule has 5 nitrogen and oxygen atoms in total. The summed E-state index contributed by atoms with van der Waals surface area (Å²) in [6.45, 7) is 0. The minimum atomic E-state index is -1.37. The summed E-state index contributed by atoms with van der Waals surface area (Å²) in [6.07, 6.45) is -0.940. The van der Waals surface area contributed by atoms with E-state index in [-0.39, 0.29) is 43.2 Å². The molecule has 0 aromatic rings. The summed E-state index contributed by atoms with van der Waals surface area (Å²) < 4.78 is 0. The molecule has 0 rings (SSSR count). The summed E-state index contributed by atoms with van der Waals surface area (Å²) in [5, 5.41) is 19.0. The zero-order chi connectivity index (χ0) is 6.57. The van der Waals surface area contributed by atoms with Crippen LogP contribution in [0, 0.1) is 0 Å². The molecule has 0 saturated heterocycles. The monoisotopic (exact) mass is 174 g/mol. The van der Waals surface area contributed by atoms with Crippen molar-refractivity contribution in [2.75, 3.05) is 0 Å². The molecule has 0 aromatic heterocycles. The number of aliphatic carboxylic acids is 2. The van der Waals surface area contributed by atoms with Crippen molar-refractivity contribution in [1.29, 1.82) is 0 Å². The van der Waals surface area contributed by atoms with Crippen molar-refractivity contribution in [3.05, 3.63) is 0 Å². The molecular weight excluding hydrogens is 168 g/mol. The largest absolute Gasteiger partial charge is 2.00 e. The van der Waals surface area contributed by atoms with Gasteiger partial charge in [0.2, 0.25) is 0 Å². The van der Waals surface area contributed by atoms with Crippen LogP contribution in [0.1, 0.15) is 12.8 Å². The van der Waals surface area contributed by atoms with Gasteiger partial charge in [-0.1, -0.05) is 0 Å². The molecule has 0 atom stereocenters. The molecule has 2 N–H and O–H groups in total. The predicted octanol–water partition coefficient (Wildman–Crippen LogP) is -3.94. The molecule has 0 fully saturated rings. The minimum absolute atomic E-state index is 0. The van der Waals surface area contributed by atoms with E-state index in [2.05, 4.69) is 0 Å². The van der Waals surface area contributed by atoms with E-state index < -0.39 is 24.8 Å². The van der Waals surface area contributed by atoms with Crippen LogP contribution in [0.15, 0.2) is 0 Å². The number of rotatable bonds is 3. The standard InChI is InChI=1S/C4H6O4.Ca.H2O/c5-3(6)1-2-4(7)8;;/h1-2H2,(H,5,6)(H,7,8);;1H2/q;+2;/p-2. The first-order valence-electron chi connectivity index (χ1n) is 2.02. The second kappa shape index (κ2) is 9.16. The van der Waals surface area contributed by atoms with Gasteiger partial charge in [0, 0.05) is 11.9 Å². The first-order chi connectivity index (χ1) is 3.63. The zero-order valence-electron chi connectivity index (χ0n) is 5.25. The van der Waals surface area contributed by atoms with E-state index in [0.717, 1.165) is 0 Å². The summed E-state index contributed by atoms with van der Waals surface area (Å²) in [5.74, 6) is -2.73. The first-order valence-corrected chi connectivity index (χ1v) is 2.02. The van der Waals surface area contributed by atoms with Crippen molar-refractivity contribution < 1.29 is 25.3 Å². The molecule has 54 valence electrons. The van der Waals surface area contributed by atoms with Gasteiger partial charge < -0.3 is 25.3 Å². The Morgan fingerprint density at radius 1 is 1.00 bits per heavy atom. The quantitative estimate of drug-likeness (QED) is 0.406. The average Bonchev–Trinajstić information content (AvgIpc) is 1.61. The van der Waals surface area contributed by atoms with Crippen LogP contribution in [-0.4, -0.2) is 55.2 Å². The van der Waals surface area contributed by atoms with Crippen LogP contribution in [0.5, 0.6) is 0 Å². The number of carbonyl (C=O) groups excluding carboxylic acids is 2. The molecule has 0 amide bonds. The summed E-state index contributed by atoms with van der Waals surface area (Å²) in [5.41, 5.74) is 0. The van der Waals surface area contributed by atoms with E-state index in [0.29, 0.717) is 0 Å². The molecule has 0 radical (unpaired) electrons. The molecule has 0 saturated carbocycles. The van der Waals surface area contributed by atoms with Crippen molar-refractivity contribution in [3.63, 3.8) is 0 Å². The molecule has 0 spiro atoms. The van der Waals surface area contributed by atoms with Gasteiger partial charge in [0.15, 0.2) is 0 Å². The third-order valence-electron chi connectivity index (χ3n) is 0.533. The van der Waals surface area contributed by atoms with E-state index in [1.165, 1.54) is 0 Å². The molecule has 0 heterocycles. The normalized spacial score (nSPS) is 6.80. The smallest absolute Gasteiger partial charge is 0.550 e. The first kappa shape index (κ1) is 16.6. The number of carboxylic acids is 2. The van der Waals surface area contributed by atoms with E-state index in [1.54, 1.807) is 0 Å². The Bertz CT molecular complexity index is 98.2. The van der Waals surface area contributed by atoms with Gasteiger partial charge >= 0.3 is 37.7 Å². The van der Waals surface area contributed by atoms with Gasteiger partial charge in [0.1, 0.15) is 0 Å². The topological polar surface area (TPSA) is 112 Å². The summed E-state index contributed by atoms with van der Waals surface area (Å²) in [6, 6.07) is 0. The Hall–Kier alpha value is 0.160. The van der Waals surface area contributed by atoms with Gasteiger partial charge in [0.05, 0.1) is 0 Å². The van der Waals surface area contributed by atoms with Crippen molar-refractivity contribution >= 4 is 49.7 Å². The van der Waals surface area contributed by atoms with E-state index in [4.69, 9.17) is 0 Å². The Morgan fingerprint density at radius 3 is 1.30 bits per heavy atom. The van der Waals surface area contributed by atoms with E-state index >= 15 is 0 Å². The number of hydrogen-bond acceptors (Lipinski definition) is 4. The van der Waals surface area contributed by atoms with Gasteiger partial charge in [-0.05, 0) is 12.8 Å². The maximum atomic E-state index is 9.50. The molecule has 6 heteroatoms. The molecule has 0 bridgehead atoms.